The lowest BCUT2D eigenvalue weighted by atomic mass is 10.2. The fourth-order valence-electron chi connectivity index (χ4n) is 3.24. The first-order chi connectivity index (χ1) is 14.3. The molecule has 30 heavy (non-hydrogen) atoms. The van der Waals surface area contributed by atoms with Gasteiger partial charge in [-0.15, -0.1) is 0 Å². The lowest BCUT2D eigenvalue weighted by molar-refractivity contribution is -0.137. The number of pyridine rings is 1. The maximum Gasteiger partial charge on any atom is 0.417 e. The second-order valence-corrected chi connectivity index (χ2v) is 7.26. The van der Waals surface area contributed by atoms with Gasteiger partial charge in [-0.25, -0.2) is 4.98 Å². The predicted molar refractivity (Wildman–Crippen MR) is 107 cm³/mol. The second-order valence-electron chi connectivity index (χ2n) is 6.85. The van der Waals surface area contributed by atoms with Crippen LogP contribution in [0.5, 0.6) is 0 Å². The average Bonchev–Trinajstić information content (AvgIpc) is 2.93. The van der Waals surface area contributed by atoms with Crippen LogP contribution in [0, 0.1) is 11.3 Å². The van der Waals surface area contributed by atoms with Crippen molar-refractivity contribution in [3.63, 3.8) is 0 Å². The molecule has 2 heterocycles. The number of nitrogens with one attached hydrogen (secondary N) is 1. The van der Waals surface area contributed by atoms with Gasteiger partial charge in [0.1, 0.15) is 11.9 Å². The molecule has 1 fully saturated rings. The van der Waals surface area contributed by atoms with Crippen LogP contribution >= 0.6 is 11.6 Å². The first kappa shape index (κ1) is 21.9. The van der Waals surface area contributed by atoms with E-state index in [-0.39, 0.29) is 17.5 Å². The summed E-state index contributed by atoms with van der Waals surface area (Å²) in [6.07, 6.45) is -3.02. The maximum atomic E-state index is 12.8. The number of nitrogens with zero attached hydrogens (tertiary/aromatic N) is 4. The number of halogens is 4. The van der Waals surface area contributed by atoms with Gasteiger partial charge in [0, 0.05) is 32.4 Å². The molecule has 0 saturated carbocycles. The zero-order valence-electron chi connectivity index (χ0n) is 15.9. The number of para-hydroxylation sites is 1. The summed E-state index contributed by atoms with van der Waals surface area (Å²) in [4.78, 5) is 20.1. The van der Waals surface area contributed by atoms with E-state index in [1.807, 2.05) is 15.9 Å². The van der Waals surface area contributed by atoms with E-state index in [2.05, 4.69) is 10.3 Å². The molecule has 2 aromatic rings. The summed E-state index contributed by atoms with van der Waals surface area (Å²) >= 11 is 6.05. The number of hydrogen-bond acceptors (Lipinski definition) is 5. The molecule has 1 N–H and O–H groups in total. The zero-order valence-corrected chi connectivity index (χ0v) is 16.7. The SMILES string of the molecule is N#Cc1ccccc1NC(=O)CN1CCCN(c2ncc(C(F)(F)F)cc2Cl)CC1. The highest BCUT2D eigenvalue weighted by Crippen LogP contribution is 2.33. The number of anilines is 2. The van der Waals surface area contributed by atoms with Crippen LogP contribution < -0.4 is 10.2 Å². The highest BCUT2D eigenvalue weighted by atomic mass is 35.5. The standard InChI is InChI=1S/C20H19ClF3N5O/c21-16-10-15(20(22,23)24)12-26-19(16)29-7-3-6-28(8-9-29)13-18(30)27-17-5-2-1-4-14(17)11-25/h1-2,4-5,10,12H,3,6-9,13H2,(H,27,30). The van der Waals surface area contributed by atoms with Crippen LogP contribution in [0.3, 0.4) is 0 Å². The summed E-state index contributed by atoms with van der Waals surface area (Å²) in [5.41, 5.74) is -0.0416. The van der Waals surface area contributed by atoms with Gasteiger partial charge in [-0.2, -0.15) is 18.4 Å². The van der Waals surface area contributed by atoms with E-state index in [4.69, 9.17) is 16.9 Å². The minimum Gasteiger partial charge on any atom is -0.354 e. The van der Waals surface area contributed by atoms with Crippen molar-refractivity contribution in [2.24, 2.45) is 0 Å². The van der Waals surface area contributed by atoms with E-state index in [1.54, 1.807) is 24.3 Å². The molecule has 1 aromatic heterocycles. The summed E-state index contributed by atoms with van der Waals surface area (Å²) in [6.45, 7) is 2.34. The number of hydrogen-bond donors (Lipinski definition) is 1. The molecule has 1 aliphatic rings. The number of amides is 1. The van der Waals surface area contributed by atoms with Gasteiger partial charge in [0.2, 0.25) is 5.91 Å². The molecule has 158 valence electrons. The van der Waals surface area contributed by atoms with Crippen molar-refractivity contribution < 1.29 is 18.0 Å². The van der Waals surface area contributed by atoms with Crippen molar-refractivity contribution >= 4 is 29.0 Å². The van der Waals surface area contributed by atoms with E-state index in [0.717, 1.165) is 12.3 Å². The molecular weight excluding hydrogens is 419 g/mol. The Hall–Kier alpha value is -2.83. The Bertz CT molecular complexity index is 960. The minimum atomic E-state index is -4.50. The fourth-order valence-corrected chi connectivity index (χ4v) is 3.53. The first-order valence-electron chi connectivity index (χ1n) is 9.27. The minimum absolute atomic E-state index is 0.0517. The van der Waals surface area contributed by atoms with Crippen LogP contribution in [0.15, 0.2) is 36.5 Å². The highest BCUT2D eigenvalue weighted by molar-refractivity contribution is 6.33. The molecule has 1 aromatic carbocycles. The Balaban J connectivity index is 1.60. The van der Waals surface area contributed by atoms with E-state index in [1.165, 1.54) is 0 Å². The Morgan fingerprint density at radius 1 is 1.23 bits per heavy atom. The topological polar surface area (TPSA) is 72.3 Å². The van der Waals surface area contributed by atoms with Crippen LogP contribution in [0.1, 0.15) is 17.5 Å². The lowest BCUT2D eigenvalue weighted by Crippen LogP contribution is -2.36. The van der Waals surface area contributed by atoms with E-state index in [9.17, 15) is 18.0 Å². The van der Waals surface area contributed by atoms with Crippen molar-refractivity contribution in [2.45, 2.75) is 12.6 Å². The fraction of sp³-hybridized carbons (Fsp3) is 0.350. The van der Waals surface area contributed by atoms with E-state index in [0.29, 0.717) is 49.7 Å². The zero-order chi connectivity index (χ0) is 21.7. The summed E-state index contributed by atoms with van der Waals surface area (Å²) in [5, 5.41) is 11.8. The molecule has 0 aliphatic carbocycles. The third-order valence-corrected chi connectivity index (χ3v) is 5.00. The number of nitriles is 1. The van der Waals surface area contributed by atoms with Crippen LogP contribution in [0.4, 0.5) is 24.7 Å². The Morgan fingerprint density at radius 3 is 2.70 bits per heavy atom. The summed E-state index contributed by atoms with van der Waals surface area (Å²) < 4.78 is 38.4. The van der Waals surface area contributed by atoms with Crippen molar-refractivity contribution in [3.05, 3.63) is 52.7 Å². The maximum absolute atomic E-state index is 12.8. The highest BCUT2D eigenvalue weighted by Gasteiger charge is 2.32. The van der Waals surface area contributed by atoms with Crippen LogP contribution in [-0.2, 0) is 11.0 Å². The van der Waals surface area contributed by atoms with Gasteiger partial charge in [-0.1, -0.05) is 23.7 Å². The van der Waals surface area contributed by atoms with Crippen molar-refractivity contribution in [1.29, 1.82) is 5.26 Å². The Kier molecular flexibility index (Phi) is 6.80. The number of rotatable bonds is 4. The van der Waals surface area contributed by atoms with Gasteiger partial charge in [0.05, 0.1) is 28.4 Å². The lowest BCUT2D eigenvalue weighted by Gasteiger charge is -2.23. The molecule has 3 rings (SSSR count). The third-order valence-electron chi connectivity index (χ3n) is 4.73. The van der Waals surface area contributed by atoms with Gasteiger partial charge in [-0.3, -0.25) is 9.69 Å². The van der Waals surface area contributed by atoms with Gasteiger partial charge in [0.25, 0.3) is 0 Å². The quantitative estimate of drug-likeness (QED) is 0.788. The van der Waals surface area contributed by atoms with Gasteiger partial charge in [-0.05, 0) is 24.6 Å². The molecule has 0 radical (unpaired) electrons. The molecule has 6 nitrogen and oxygen atoms in total. The van der Waals surface area contributed by atoms with Gasteiger partial charge < -0.3 is 10.2 Å². The number of carbonyl (C=O) groups excluding carboxylic acids is 1. The molecule has 10 heteroatoms. The normalized spacial score (nSPS) is 15.4. The average molecular weight is 438 g/mol. The number of alkyl halides is 3. The molecule has 0 spiro atoms. The van der Waals surface area contributed by atoms with Crippen molar-refractivity contribution in [1.82, 2.24) is 9.88 Å². The van der Waals surface area contributed by atoms with Crippen molar-refractivity contribution in [2.75, 3.05) is 42.9 Å². The van der Waals surface area contributed by atoms with Crippen LogP contribution in [0.2, 0.25) is 5.02 Å². The third kappa shape index (κ3) is 5.40. The molecule has 1 aliphatic heterocycles. The Labute approximate surface area is 176 Å². The Morgan fingerprint density at radius 2 is 2.00 bits per heavy atom. The summed E-state index contributed by atoms with van der Waals surface area (Å²) in [5.74, 6) is 0.0655. The number of benzene rings is 1. The largest absolute Gasteiger partial charge is 0.417 e. The van der Waals surface area contributed by atoms with E-state index >= 15 is 0 Å². The van der Waals surface area contributed by atoms with Crippen LogP contribution in [0.25, 0.3) is 0 Å². The molecule has 0 bridgehead atoms. The number of aromatic nitrogens is 1. The monoisotopic (exact) mass is 437 g/mol. The summed E-state index contributed by atoms with van der Waals surface area (Å²) in [7, 11) is 0. The van der Waals surface area contributed by atoms with E-state index < -0.39 is 11.7 Å². The first-order valence-corrected chi connectivity index (χ1v) is 9.65. The predicted octanol–water partition coefficient (Wildman–Crippen LogP) is 3.78. The second kappa shape index (κ2) is 9.32. The molecule has 1 amide bonds. The molecular formula is C20H19ClF3N5O. The van der Waals surface area contributed by atoms with Gasteiger partial charge in [0.15, 0.2) is 0 Å². The van der Waals surface area contributed by atoms with Gasteiger partial charge >= 0.3 is 6.18 Å². The van der Waals surface area contributed by atoms with Crippen molar-refractivity contribution in [3.8, 4) is 6.07 Å². The number of carbonyl (C=O) groups is 1. The summed E-state index contributed by atoms with van der Waals surface area (Å²) in [6, 6.07) is 9.66. The smallest absolute Gasteiger partial charge is 0.354 e. The molecule has 0 atom stereocenters. The van der Waals surface area contributed by atoms with Crippen LogP contribution in [-0.4, -0.2) is 48.5 Å². The molecule has 1 saturated heterocycles. The molecule has 0 unspecified atom stereocenters.